The normalized spacial score (nSPS) is 20.7. The number of rotatable bonds is 2. The zero-order valence-electron chi connectivity index (χ0n) is 7.77. The fourth-order valence-electron chi connectivity index (χ4n) is 1.52. The van der Waals surface area contributed by atoms with Gasteiger partial charge < -0.3 is 5.32 Å². The lowest BCUT2D eigenvalue weighted by Gasteiger charge is -2.15. The van der Waals surface area contributed by atoms with Crippen LogP contribution in [-0.2, 0) is 4.79 Å². The van der Waals surface area contributed by atoms with E-state index in [1.807, 2.05) is 5.38 Å². The third-order valence-corrected chi connectivity index (χ3v) is 2.99. The van der Waals surface area contributed by atoms with E-state index in [1.54, 1.807) is 6.20 Å². The summed E-state index contributed by atoms with van der Waals surface area (Å²) in [6.45, 7) is 0. The highest BCUT2D eigenvalue weighted by Crippen LogP contribution is 2.20. The Morgan fingerprint density at radius 3 is 3.14 bits per heavy atom. The Balaban J connectivity index is 1.92. The van der Waals surface area contributed by atoms with E-state index in [-0.39, 0.29) is 11.8 Å². The number of amides is 1. The van der Waals surface area contributed by atoms with Gasteiger partial charge in [0.2, 0.25) is 5.91 Å². The van der Waals surface area contributed by atoms with Crippen LogP contribution in [0.25, 0.3) is 0 Å². The first-order valence-corrected chi connectivity index (χ1v) is 5.59. The third kappa shape index (κ3) is 2.20. The van der Waals surface area contributed by atoms with E-state index >= 15 is 0 Å². The van der Waals surface area contributed by atoms with Gasteiger partial charge >= 0.3 is 0 Å². The molecule has 0 saturated heterocycles. The molecule has 0 aromatic carbocycles. The monoisotopic (exact) mass is 208 g/mol. The van der Waals surface area contributed by atoms with Gasteiger partial charge in [-0.05, 0) is 19.3 Å². The van der Waals surface area contributed by atoms with E-state index in [9.17, 15) is 4.79 Å². The summed E-state index contributed by atoms with van der Waals surface area (Å²) < 4.78 is 0. The minimum absolute atomic E-state index is 0.101. The maximum atomic E-state index is 11.7. The van der Waals surface area contributed by atoms with Gasteiger partial charge in [0.25, 0.3) is 0 Å². The molecule has 0 bridgehead atoms. The van der Waals surface area contributed by atoms with Gasteiger partial charge in [0, 0.05) is 17.5 Å². The summed E-state index contributed by atoms with van der Waals surface area (Å²) in [6, 6.07) is 0. The Bertz CT molecular complexity index is 332. The molecule has 1 atom stereocenters. The van der Waals surface area contributed by atoms with Crippen molar-refractivity contribution in [2.24, 2.45) is 5.92 Å². The predicted octanol–water partition coefficient (Wildman–Crippen LogP) is 2.44. The van der Waals surface area contributed by atoms with Crippen LogP contribution >= 0.6 is 11.3 Å². The standard InChI is InChI=1S/C10H12N2OS/c13-9(8-4-2-1-3-5-8)12-10-11-6-7-14-10/h1-2,6-8H,3-5H2,(H,11,12,13)/t8-/m0/s1. The highest BCUT2D eigenvalue weighted by atomic mass is 32.1. The van der Waals surface area contributed by atoms with Gasteiger partial charge in [-0.2, -0.15) is 0 Å². The lowest BCUT2D eigenvalue weighted by Crippen LogP contribution is -2.23. The molecular formula is C10H12N2OS. The summed E-state index contributed by atoms with van der Waals surface area (Å²) in [5, 5.41) is 5.38. The first kappa shape index (κ1) is 9.40. The molecule has 0 unspecified atom stereocenters. The molecule has 1 aliphatic carbocycles. The van der Waals surface area contributed by atoms with Crippen LogP contribution in [0.3, 0.4) is 0 Å². The van der Waals surface area contributed by atoms with Crippen LogP contribution < -0.4 is 5.32 Å². The number of carbonyl (C=O) groups excluding carboxylic acids is 1. The average Bonchev–Trinajstić information content (AvgIpc) is 2.72. The first-order valence-electron chi connectivity index (χ1n) is 4.71. The third-order valence-electron chi connectivity index (χ3n) is 2.30. The van der Waals surface area contributed by atoms with Gasteiger partial charge in [-0.15, -0.1) is 11.3 Å². The molecule has 4 heteroatoms. The average molecular weight is 208 g/mol. The topological polar surface area (TPSA) is 42.0 Å². The van der Waals surface area contributed by atoms with Crippen molar-refractivity contribution in [3.63, 3.8) is 0 Å². The highest BCUT2D eigenvalue weighted by molar-refractivity contribution is 7.13. The fourth-order valence-corrected chi connectivity index (χ4v) is 2.06. The number of anilines is 1. The number of allylic oxidation sites excluding steroid dienone is 2. The van der Waals surface area contributed by atoms with Crippen LogP contribution in [0.1, 0.15) is 19.3 Å². The number of hydrogen-bond donors (Lipinski definition) is 1. The van der Waals surface area contributed by atoms with Gasteiger partial charge in [0.05, 0.1) is 0 Å². The smallest absolute Gasteiger partial charge is 0.229 e. The molecule has 1 aliphatic rings. The Morgan fingerprint density at radius 1 is 1.57 bits per heavy atom. The summed E-state index contributed by atoms with van der Waals surface area (Å²) >= 11 is 1.45. The second kappa shape index (κ2) is 4.37. The first-order chi connectivity index (χ1) is 6.86. The molecule has 0 fully saturated rings. The minimum Gasteiger partial charge on any atom is -0.302 e. The Hall–Kier alpha value is -1.16. The van der Waals surface area contributed by atoms with Crippen LogP contribution in [0, 0.1) is 5.92 Å². The fraction of sp³-hybridized carbons (Fsp3) is 0.400. The summed E-state index contributed by atoms with van der Waals surface area (Å²) in [5.41, 5.74) is 0. The molecule has 74 valence electrons. The SMILES string of the molecule is O=C(Nc1nccs1)[C@H]1CC=CCC1. The van der Waals surface area contributed by atoms with E-state index in [2.05, 4.69) is 22.5 Å². The minimum atomic E-state index is 0.101. The van der Waals surface area contributed by atoms with Crippen LogP contribution in [0.4, 0.5) is 5.13 Å². The molecule has 0 radical (unpaired) electrons. The Kier molecular flexibility index (Phi) is 2.93. The van der Waals surface area contributed by atoms with Gasteiger partial charge in [0.1, 0.15) is 0 Å². The molecule has 1 heterocycles. The molecule has 1 aromatic heterocycles. The largest absolute Gasteiger partial charge is 0.302 e. The zero-order valence-corrected chi connectivity index (χ0v) is 8.59. The molecule has 3 nitrogen and oxygen atoms in total. The van der Waals surface area contributed by atoms with Gasteiger partial charge in [0.15, 0.2) is 5.13 Å². The quantitative estimate of drug-likeness (QED) is 0.758. The maximum absolute atomic E-state index is 11.7. The van der Waals surface area contributed by atoms with Crippen LogP contribution in [-0.4, -0.2) is 10.9 Å². The number of carbonyl (C=O) groups is 1. The van der Waals surface area contributed by atoms with E-state index < -0.39 is 0 Å². The molecule has 14 heavy (non-hydrogen) atoms. The van der Waals surface area contributed by atoms with Crippen molar-refractivity contribution in [2.75, 3.05) is 5.32 Å². The highest BCUT2D eigenvalue weighted by Gasteiger charge is 2.18. The van der Waals surface area contributed by atoms with Crippen molar-refractivity contribution in [1.29, 1.82) is 0 Å². The summed E-state index contributed by atoms with van der Waals surface area (Å²) in [6.07, 6.45) is 8.73. The van der Waals surface area contributed by atoms with Crippen molar-refractivity contribution in [1.82, 2.24) is 4.98 Å². The van der Waals surface area contributed by atoms with E-state index in [4.69, 9.17) is 0 Å². The molecule has 1 amide bonds. The zero-order chi connectivity index (χ0) is 9.80. The van der Waals surface area contributed by atoms with Crippen molar-refractivity contribution in [3.8, 4) is 0 Å². The lowest BCUT2D eigenvalue weighted by atomic mass is 9.94. The Morgan fingerprint density at radius 2 is 2.50 bits per heavy atom. The molecule has 2 rings (SSSR count). The number of nitrogens with zero attached hydrogens (tertiary/aromatic N) is 1. The number of hydrogen-bond acceptors (Lipinski definition) is 3. The summed E-state index contributed by atoms with van der Waals surface area (Å²) in [5.74, 6) is 0.230. The predicted molar refractivity (Wildman–Crippen MR) is 57.2 cm³/mol. The van der Waals surface area contributed by atoms with Crippen LogP contribution in [0.5, 0.6) is 0 Å². The number of thiazole rings is 1. The summed E-state index contributed by atoms with van der Waals surface area (Å²) in [7, 11) is 0. The van der Waals surface area contributed by atoms with Gasteiger partial charge in [-0.1, -0.05) is 12.2 Å². The van der Waals surface area contributed by atoms with Gasteiger partial charge in [-0.25, -0.2) is 4.98 Å². The van der Waals surface area contributed by atoms with Crippen molar-refractivity contribution in [2.45, 2.75) is 19.3 Å². The molecule has 1 N–H and O–H groups in total. The molecule has 1 aromatic rings. The van der Waals surface area contributed by atoms with Crippen molar-refractivity contribution in [3.05, 3.63) is 23.7 Å². The van der Waals surface area contributed by atoms with Crippen molar-refractivity contribution < 1.29 is 4.79 Å². The second-order valence-electron chi connectivity index (χ2n) is 3.31. The number of nitrogens with one attached hydrogen (secondary N) is 1. The molecule has 0 spiro atoms. The van der Waals surface area contributed by atoms with Gasteiger partial charge in [-0.3, -0.25) is 4.79 Å². The van der Waals surface area contributed by atoms with E-state index in [0.29, 0.717) is 5.13 Å². The lowest BCUT2D eigenvalue weighted by molar-refractivity contribution is -0.120. The molecule has 0 saturated carbocycles. The molecular weight excluding hydrogens is 196 g/mol. The van der Waals surface area contributed by atoms with E-state index in [0.717, 1.165) is 19.3 Å². The maximum Gasteiger partial charge on any atom is 0.229 e. The summed E-state index contributed by atoms with van der Waals surface area (Å²) in [4.78, 5) is 15.7. The van der Waals surface area contributed by atoms with Crippen molar-refractivity contribution >= 4 is 22.4 Å². The second-order valence-corrected chi connectivity index (χ2v) is 4.20. The van der Waals surface area contributed by atoms with Crippen LogP contribution in [0.2, 0.25) is 0 Å². The van der Waals surface area contributed by atoms with E-state index in [1.165, 1.54) is 11.3 Å². The Labute approximate surface area is 86.9 Å². The number of aromatic nitrogens is 1. The molecule has 0 aliphatic heterocycles. The van der Waals surface area contributed by atoms with Crippen LogP contribution in [0.15, 0.2) is 23.7 Å².